The van der Waals surface area contributed by atoms with Crippen molar-refractivity contribution in [1.82, 2.24) is 10.1 Å². The molecule has 3 aliphatic rings. The number of aromatic nitrogens is 2. The number of hydrogen-bond donors (Lipinski definition) is 1. The lowest BCUT2D eigenvalue weighted by Crippen LogP contribution is -2.46. The Balaban J connectivity index is 1.15. The largest absolute Gasteiger partial charge is 0.478 e. The number of anilines is 1. The second kappa shape index (κ2) is 9.64. The highest BCUT2D eigenvalue weighted by molar-refractivity contribution is 7.22. The van der Waals surface area contributed by atoms with Crippen LogP contribution in [0.4, 0.5) is 13.9 Å². The summed E-state index contributed by atoms with van der Waals surface area (Å²) >= 11 is 14.0. The highest BCUT2D eigenvalue weighted by Gasteiger charge is 2.53. The van der Waals surface area contributed by atoms with Gasteiger partial charge in [-0.25, -0.2) is 23.4 Å². The third-order valence-electron chi connectivity index (χ3n) is 8.06. The summed E-state index contributed by atoms with van der Waals surface area (Å²) in [5.41, 5.74) is -1.59. The van der Waals surface area contributed by atoms with Gasteiger partial charge in [-0.15, -0.1) is 0 Å². The molecule has 2 bridgehead atoms. The second-order valence-electron chi connectivity index (χ2n) is 10.7. The minimum absolute atomic E-state index is 0.0236. The molecule has 1 N–H and O–H groups in total. The summed E-state index contributed by atoms with van der Waals surface area (Å²) in [4.78, 5) is 31.6. The lowest BCUT2D eigenvalue weighted by Gasteiger charge is -2.38. The number of carboxylic acid groups (broad SMARTS) is 1. The number of halogens is 4. The highest BCUT2D eigenvalue weighted by Crippen LogP contribution is 2.53. The molecule has 8 nitrogen and oxygen atoms in total. The van der Waals surface area contributed by atoms with Crippen molar-refractivity contribution in [3.05, 3.63) is 63.1 Å². The maximum absolute atomic E-state index is 15.2. The molecule has 2 aromatic heterocycles. The van der Waals surface area contributed by atoms with Crippen LogP contribution in [0, 0.1) is 5.82 Å². The number of rotatable bonds is 6. The second-order valence-corrected chi connectivity index (χ2v) is 12.5. The third-order valence-corrected chi connectivity index (χ3v) is 9.71. The van der Waals surface area contributed by atoms with Crippen molar-refractivity contribution in [2.45, 2.75) is 62.4 Å². The standard InChI is InChI=1S/C28H21Cl2F2N3O5S/c29-16-2-1-3-17(30)20(16)23-21(24(40-34-23)28(32)6-7-28)26(38)39-15-10-13-4-5-14(11-15)35(13)27-33-22-18(31)8-12(25(36)37)9-19(22)41-27/h1-3,8-9,13-15H,4-7,10-11H2,(H,36,37)/t13-,14+,15-. The van der Waals surface area contributed by atoms with Gasteiger partial charge in [0.25, 0.3) is 0 Å². The number of fused-ring (bicyclic) bond motifs is 3. The summed E-state index contributed by atoms with van der Waals surface area (Å²) in [6.07, 6.45) is 2.58. The normalized spacial score (nSPS) is 22.7. The fraction of sp³-hybridized carbons (Fsp3) is 0.357. The molecular formula is C28H21Cl2F2N3O5S. The van der Waals surface area contributed by atoms with Gasteiger partial charge in [-0.3, -0.25) is 0 Å². The van der Waals surface area contributed by atoms with E-state index in [-0.39, 0.29) is 68.6 Å². The number of esters is 1. The molecule has 1 saturated carbocycles. The van der Waals surface area contributed by atoms with Crippen molar-refractivity contribution in [2.75, 3.05) is 4.90 Å². The van der Waals surface area contributed by atoms with Crippen LogP contribution >= 0.6 is 34.5 Å². The number of benzene rings is 2. The molecule has 4 heterocycles. The molecule has 7 rings (SSSR count). The SMILES string of the molecule is O=C(O)c1cc(F)c2nc(N3[C@@H]4CC[C@H]3C[C@H](OC(=O)c3c(-c5c(Cl)cccc5Cl)noc3C3(F)CC3)C4)sc2c1. The number of ether oxygens (including phenoxy) is 1. The molecule has 1 aliphatic carbocycles. The average molecular weight is 620 g/mol. The van der Waals surface area contributed by atoms with Crippen LogP contribution in [0.2, 0.25) is 10.0 Å². The van der Waals surface area contributed by atoms with Gasteiger partial charge < -0.3 is 19.3 Å². The zero-order valence-corrected chi connectivity index (χ0v) is 23.5. The number of nitrogens with zero attached hydrogens (tertiary/aromatic N) is 3. The topological polar surface area (TPSA) is 106 Å². The number of carboxylic acids is 1. The molecule has 2 saturated heterocycles. The number of hydrogen-bond acceptors (Lipinski definition) is 8. The number of carbonyl (C=O) groups excluding carboxylic acids is 1. The minimum Gasteiger partial charge on any atom is -0.478 e. The van der Waals surface area contributed by atoms with Gasteiger partial charge in [0.1, 0.15) is 22.9 Å². The van der Waals surface area contributed by atoms with Gasteiger partial charge >= 0.3 is 11.9 Å². The smallest absolute Gasteiger partial charge is 0.344 e. The van der Waals surface area contributed by atoms with E-state index in [1.165, 1.54) is 17.4 Å². The molecule has 3 atom stereocenters. The van der Waals surface area contributed by atoms with Crippen LogP contribution in [0.3, 0.4) is 0 Å². The van der Waals surface area contributed by atoms with Crippen LogP contribution in [0.15, 0.2) is 34.9 Å². The molecule has 0 amide bonds. The van der Waals surface area contributed by atoms with E-state index in [9.17, 15) is 19.1 Å². The van der Waals surface area contributed by atoms with Crippen LogP contribution in [0.25, 0.3) is 21.5 Å². The van der Waals surface area contributed by atoms with Crippen molar-refractivity contribution in [1.29, 1.82) is 0 Å². The zero-order chi connectivity index (χ0) is 28.6. The van der Waals surface area contributed by atoms with Crippen LogP contribution < -0.4 is 4.90 Å². The molecule has 13 heteroatoms. The maximum Gasteiger partial charge on any atom is 0.344 e. The maximum atomic E-state index is 15.2. The molecule has 3 fully saturated rings. The lowest BCUT2D eigenvalue weighted by atomic mass is 9.99. The first-order valence-corrected chi connectivity index (χ1v) is 14.7. The number of carbonyl (C=O) groups is 2. The Morgan fingerprint density at radius 3 is 2.46 bits per heavy atom. The van der Waals surface area contributed by atoms with Crippen LogP contribution in [0.1, 0.15) is 65.0 Å². The van der Waals surface area contributed by atoms with Crippen LogP contribution in [-0.4, -0.2) is 45.4 Å². The van der Waals surface area contributed by atoms with E-state index in [4.69, 9.17) is 32.5 Å². The van der Waals surface area contributed by atoms with Gasteiger partial charge in [-0.05, 0) is 49.9 Å². The molecule has 41 heavy (non-hydrogen) atoms. The Morgan fingerprint density at radius 2 is 1.83 bits per heavy atom. The molecule has 0 unspecified atom stereocenters. The molecule has 2 aromatic carbocycles. The summed E-state index contributed by atoms with van der Waals surface area (Å²) in [5, 5.41) is 14.4. The number of alkyl halides is 1. The Kier molecular flexibility index (Phi) is 6.26. The average Bonchev–Trinajstić information content (AvgIpc) is 3.23. The van der Waals surface area contributed by atoms with Gasteiger partial charge in [0.2, 0.25) is 0 Å². The summed E-state index contributed by atoms with van der Waals surface area (Å²) in [6, 6.07) is 7.19. The lowest BCUT2D eigenvalue weighted by molar-refractivity contribution is 0.0198. The molecule has 212 valence electrons. The molecule has 2 aliphatic heterocycles. The van der Waals surface area contributed by atoms with E-state index in [0.717, 1.165) is 18.9 Å². The predicted octanol–water partition coefficient (Wildman–Crippen LogP) is 7.41. The summed E-state index contributed by atoms with van der Waals surface area (Å²) in [5.74, 6) is -2.82. The number of piperidine rings is 1. The Bertz CT molecular complexity index is 1700. The zero-order valence-electron chi connectivity index (χ0n) is 21.2. The van der Waals surface area contributed by atoms with Crippen LogP contribution in [0.5, 0.6) is 0 Å². The number of thiazole rings is 1. The van der Waals surface area contributed by atoms with Crippen molar-refractivity contribution in [3.63, 3.8) is 0 Å². The summed E-state index contributed by atoms with van der Waals surface area (Å²) < 4.78 is 41.6. The van der Waals surface area contributed by atoms with E-state index in [1.54, 1.807) is 18.2 Å². The fourth-order valence-electron chi connectivity index (χ4n) is 5.97. The van der Waals surface area contributed by atoms with Crippen LogP contribution in [-0.2, 0) is 10.4 Å². The Morgan fingerprint density at radius 1 is 1.15 bits per heavy atom. The van der Waals surface area contributed by atoms with E-state index < -0.39 is 29.5 Å². The van der Waals surface area contributed by atoms with Crippen molar-refractivity contribution < 1.29 is 32.7 Å². The monoisotopic (exact) mass is 619 g/mol. The highest BCUT2D eigenvalue weighted by atomic mass is 35.5. The van der Waals surface area contributed by atoms with Gasteiger partial charge in [-0.1, -0.05) is 45.8 Å². The van der Waals surface area contributed by atoms with Gasteiger partial charge in [0, 0.05) is 30.5 Å². The molecule has 4 aromatic rings. The van der Waals surface area contributed by atoms with E-state index in [1.807, 2.05) is 0 Å². The van der Waals surface area contributed by atoms with E-state index >= 15 is 4.39 Å². The van der Waals surface area contributed by atoms with E-state index in [2.05, 4.69) is 15.0 Å². The number of aromatic carboxylic acids is 1. The molecule has 0 spiro atoms. The Hall–Kier alpha value is -3.28. The fourth-order valence-corrected chi connectivity index (χ4v) is 7.71. The quantitative estimate of drug-likeness (QED) is 0.222. The first-order chi connectivity index (χ1) is 19.6. The molecule has 0 radical (unpaired) electrons. The Labute approximate surface area is 245 Å². The first kappa shape index (κ1) is 26.6. The minimum atomic E-state index is -1.79. The van der Waals surface area contributed by atoms with Crippen molar-refractivity contribution in [3.8, 4) is 11.3 Å². The van der Waals surface area contributed by atoms with E-state index in [0.29, 0.717) is 22.7 Å². The summed E-state index contributed by atoms with van der Waals surface area (Å²) in [7, 11) is 0. The summed E-state index contributed by atoms with van der Waals surface area (Å²) in [6.45, 7) is 0. The first-order valence-electron chi connectivity index (χ1n) is 13.1. The third kappa shape index (κ3) is 4.45. The van der Waals surface area contributed by atoms with Gasteiger partial charge in [0.15, 0.2) is 22.4 Å². The molecular weight excluding hydrogens is 599 g/mol. The van der Waals surface area contributed by atoms with Crippen molar-refractivity contribution in [2.24, 2.45) is 0 Å². The van der Waals surface area contributed by atoms with Gasteiger partial charge in [0.05, 0.1) is 20.3 Å². The van der Waals surface area contributed by atoms with Crippen molar-refractivity contribution >= 4 is 61.8 Å². The predicted molar refractivity (Wildman–Crippen MR) is 148 cm³/mol. The van der Waals surface area contributed by atoms with Gasteiger partial charge in [-0.2, -0.15) is 0 Å².